The first-order chi connectivity index (χ1) is 12.8. The average Bonchev–Trinajstić information content (AvgIpc) is 2.62. The second kappa shape index (κ2) is 7.61. The van der Waals surface area contributed by atoms with E-state index in [1.165, 1.54) is 7.05 Å². The van der Waals surface area contributed by atoms with Crippen molar-refractivity contribution in [3.05, 3.63) is 53.6 Å². The number of halogens is 4. The fourth-order valence-corrected chi connectivity index (χ4v) is 3.58. The van der Waals surface area contributed by atoms with E-state index in [1.54, 1.807) is 30.3 Å². The summed E-state index contributed by atoms with van der Waals surface area (Å²) in [4.78, 5) is 11.5. The van der Waals surface area contributed by atoms with Crippen molar-refractivity contribution in [2.24, 2.45) is 0 Å². The van der Waals surface area contributed by atoms with E-state index in [9.17, 15) is 31.5 Å². The summed E-state index contributed by atoms with van der Waals surface area (Å²) in [6.07, 6.45) is -5.20. The van der Waals surface area contributed by atoms with Gasteiger partial charge in [-0.25, -0.2) is 8.42 Å². The van der Waals surface area contributed by atoms with E-state index >= 15 is 0 Å². The molecule has 0 spiro atoms. The number of nitrogens with one attached hydrogen (secondary N) is 1. The number of nitrogens with zero attached hydrogens (tertiary/aromatic N) is 1. The molecule has 1 atom stereocenters. The number of rotatable bonds is 5. The third kappa shape index (κ3) is 4.23. The van der Waals surface area contributed by atoms with Crippen LogP contribution in [0.2, 0.25) is 5.02 Å². The number of aliphatic hydroxyl groups is 1. The highest BCUT2D eigenvalue weighted by atomic mass is 35.5. The van der Waals surface area contributed by atoms with Crippen molar-refractivity contribution in [3.63, 3.8) is 0 Å². The van der Waals surface area contributed by atoms with Crippen LogP contribution in [0.4, 0.5) is 24.5 Å². The number of benzene rings is 2. The maximum absolute atomic E-state index is 12.7. The van der Waals surface area contributed by atoms with E-state index in [2.05, 4.69) is 0 Å². The summed E-state index contributed by atoms with van der Waals surface area (Å²) in [5.41, 5.74) is -3.54. The van der Waals surface area contributed by atoms with Crippen LogP contribution in [0, 0.1) is 0 Å². The van der Waals surface area contributed by atoms with Gasteiger partial charge in [-0.2, -0.15) is 13.2 Å². The Bertz CT molecular complexity index is 980. The first-order valence-corrected chi connectivity index (χ1v) is 9.54. The minimum absolute atomic E-state index is 0.232. The number of carbonyl (C=O) groups is 1. The van der Waals surface area contributed by atoms with Crippen LogP contribution in [-0.4, -0.2) is 38.3 Å². The van der Waals surface area contributed by atoms with Gasteiger partial charge in [0.2, 0.25) is 5.60 Å². The van der Waals surface area contributed by atoms with Crippen LogP contribution in [0.1, 0.15) is 6.92 Å². The summed E-state index contributed by atoms with van der Waals surface area (Å²) in [7, 11) is -2.68. The van der Waals surface area contributed by atoms with Gasteiger partial charge in [0.15, 0.2) is 0 Å². The Morgan fingerprint density at radius 2 is 1.71 bits per heavy atom. The fourth-order valence-electron chi connectivity index (χ4n) is 2.07. The summed E-state index contributed by atoms with van der Waals surface area (Å²) in [5, 5.41) is 10.9. The van der Waals surface area contributed by atoms with Crippen LogP contribution in [0.5, 0.6) is 0 Å². The van der Waals surface area contributed by atoms with Crippen LogP contribution >= 0.6 is 11.6 Å². The SMILES string of the molecule is CN(c1ccccc1)S(=O)(=O)c1ccc(NC(=O)C(C)(O)C(F)(F)F)c(Cl)c1. The summed E-state index contributed by atoms with van der Waals surface area (Å²) in [5.74, 6) is -1.75. The van der Waals surface area contributed by atoms with Gasteiger partial charge in [-0.1, -0.05) is 29.8 Å². The Morgan fingerprint density at radius 1 is 1.14 bits per heavy atom. The van der Waals surface area contributed by atoms with Gasteiger partial charge in [0.1, 0.15) is 0 Å². The molecule has 28 heavy (non-hydrogen) atoms. The van der Waals surface area contributed by atoms with Crippen LogP contribution in [0.25, 0.3) is 0 Å². The Hall–Kier alpha value is -2.30. The zero-order valence-electron chi connectivity index (χ0n) is 14.7. The van der Waals surface area contributed by atoms with E-state index in [0.29, 0.717) is 12.6 Å². The second-order valence-electron chi connectivity index (χ2n) is 5.97. The molecule has 0 aliphatic rings. The topological polar surface area (TPSA) is 86.7 Å². The maximum atomic E-state index is 12.7. The smallest absolute Gasteiger partial charge is 0.373 e. The zero-order chi connectivity index (χ0) is 21.3. The van der Waals surface area contributed by atoms with Gasteiger partial charge in [0.05, 0.1) is 21.3 Å². The first kappa shape index (κ1) is 22.0. The highest BCUT2D eigenvalue weighted by molar-refractivity contribution is 7.92. The molecule has 0 heterocycles. The predicted molar refractivity (Wildman–Crippen MR) is 98.8 cm³/mol. The number of alkyl halides is 3. The fraction of sp³-hybridized carbons (Fsp3) is 0.235. The number of hydrogen-bond acceptors (Lipinski definition) is 4. The van der Waals surface area contributed by atoms with Crippen molar-refractivity contribution >= 4 is 38.9 Å². The Labute approximate surface area is 164 Å². The van der Waals surface area contributed by atoms with Crippen LogP contribution < -0.4 is 9.62 Å². The maximum Gasteiger partial charge on any atom is 0.426 e. The van der Waals surface area contributed by atoms with E-state index in [4.69, 9.17) is 11.6 Å². The van der Waals surface area contributed by atoms with Gasteiger partial charge in [-0.3, -0.25) is 9.10 Å². The molecule has 0 bridgehead atoms. The highest BCUT2D eigenvalue weighted by Gasteiger charge is 2.55. The molecule has 2 rings (SSSR count). The highest BCUT2D eigenvalue weighted by Crippen LogP contribution is 2.33. The number of para-hydroxylation sites is 1. The molecule has 0 saturated carbocycles. The van der Waals surface area contributed by atoms with Crippen LogP contribution in [-0.2, 0) is 14.8 Å². The normalized spacial score (nSPS) is 14.2. The van der Waals surface area contributed by atoms with Crippen molar-refractivity contribution in [1.82, 2.24) is 0 Å². The van der Waals surface area contributed by atoms with Crippen molar-refractivity contribution in [2.45, 2.75) is 23.6 Å². The number of hydrogen-bond donors (Lipinski definition) is 2. The molecule has 6 nitrogen and oxygen atoms in total. The molecule has 1 amide bonds. The minimum atomic E-state index is -5.20. The lowest BCUT2D eigenvalue weighted by molar-refractivity contribution is -0.242. The van der Waals surface area contributed by atoms with Crippen molar-refractivity contribution in [3.8, 4) is 0 Å². The van der Waals surface area contributed by atoms with Gasteiger partial charge >= 0.3 is 6.18 Å². The first-order valence-electron chi connectivity index (χ1n) is 7.72. The lowest BCUT2D eigenvalue weighted by Crippen LogP contribution is -2.52. The van der Waals surface area contributed by atoms with Gasteiger partial charge in [0, 0.05) is 7.05 Å². The number of amides is 1. The second-order valence-corrected chi connectivity index (χ2v) is 8.35. The van der Waals surface area contributed by atoms with Crippen LogP contribution in [0.15, 0.2) is 53.4 Å². The molecular weight excluding hydrogens is 421 g/mol. The Morgan fingerprint density at radius 3 is 2.21 bits per heavy atom. The van der Waals surface area contributed by atoms with Crippen molar-refractivity contribution in [1.29, 1.82) is 0 Å². The molecule has 2 aromatic carbocycles. The standard InChI is InChI=1S/C17H16ClF3N2O4S/c1-16(25,17(19,20)21)15(24)22-14-9-8-12(10-13(14)18)28(26,27)23(2)11-6-4-3-5-7-11/h3-10,25H,1-2H3,(H,22,24). The van der Waals surface area contributed by atoms with Gasteiger partial charge in [-0.15, -0.1) is 0 Å². The number of sulfonamides is 1. The molecule has 152 valence electrons. The summed E-state index contributed by atoms with van der Waals surface area (Å²) >= 11 is 5.93. The minimum Gasteiger partial charge on any atom is -0.373 e. The van der Waals surface area contributed by atoms with Crippen molar-refractivity contribution < 1.29 is 31.5 Å². The molecule has 0 aliphatic heterocycles. The van der Waals surface area contributed by atoms with E-state index < -0.39 is 27.7 Å². The lowest BCUT2D eigenvalue weighted by atomic mass is 10.1. The number of carbonyl (C=O) groups excluding carboxylic acids is 1. The number of anilines is 2. The van der Waals surface area contributed by atoms with Crippen molar-refractivity contribution in [2.75, 3.05) is 16.7 Å². The van der Waals surface area contributed by atoms with E-state index in [1.807, 2.05) is 5.32 Å². The molecule has 11 heteroatoms. The molecule has 2 aromatic rings. The monoisotopic (exact) mass is 436 g/mol. The van der Waals surface area contributed by atoms with E-state index in [-0.39, 0.29) is 15.6 Å². The molecule has 0 radical (unpaired) electrons. The van der Waals surface area contributed by atoms with Crippen LogP contribution in [0.3, 0.4) is 0 Å². The predicted octanol–water partition coefficient (Wildman–Crippen LogP) is 3.42. The van der Waals surface area contributed by atoms with Gasteiger partial charge in [0.25, 0.3) is 15.9 Å². The Balaban J connectivity index is 2.31. The van der Waals surface area contributed by atoms with Gasteiger partial charge in [-0.05, 0) is 37.3 Å². The largest absolute Gasteiger partial charge is 0.426 e. The molecule has 0 fully saturated rings. The molecule has 1 unspecified atom stereocenters. The molecule has 0 aliphatic carbocycles. The zero-order valence-corrected chi connectivity index (χ0v) is 16.2. The Kier molecular flexibility index (Phi) is 5.98. The third-order valence-electron chi connectivity index (χ3n) is 3.96. The lowest BCUT2D eigenvalue weighted by Gasteiger charge is -2.25. The molecule has 0 saturated heterocycles. The molecule has 0 aromatic heterocycles. The van der Waals surface area contributed by atoms with Gasteiger partial charge < -0.3 is 10.4 Å². The molecular formula is C17H16ClF3N2O4S. The quantitative estimate of drug-likeness (QED) is 0.752. The molecule has 2 N–H and O–H groups in total. The third-order valence-corrected chi connectivity index (χ3v) is 6.06. The van der Waals surface area contributed by atoms with E-state index in [0.717, 1.165) is 22.5 Å². The summed E-state index contributed by atoms with van der Waals surface area (Å²) in [6.45, 7) is 0.296. The average molecular weight is 437 g/mol. The summed E-state index contributed by atoms with van der Waals surface area (Å²) in [6, 6.07) is 11.3. The summed E-state index contributed by atoms with van der Waals surface area (Å²) < 4.78 is 64.6.